The lowest BCUT2D eigenvalue weighted by molar-refractivity contribution is 0.0925. The van der Waals surface area contributed by atoms with Gasteiger partial charge in [0.1, 0.15) is 5.69 Å². The van der Waals surface area contributed by atoms with Gasteiger partial charge in [0.25, 0.3) is 5.91 Å². The van der Waals surface area contributed by atoms with Gasteiger partial charge in [-0.2, -0.15) is 0 Å². The Morgan fingerprint density at radius 1 is 1.29 bits per heavy atom. The van der Waals surface area contributed by atoms with Crippen LogP contribution < -0.4 is 14.8 Å². The molecule has 3 aromatic rings. The van der Waals surface area contributed by atoms with Gasteiger partial charge in [-0.15, -0.1) is 11.3 Å². The van der Waals surface area contributed by atoms with E-state index in [4.69, 9.17) is 4.74 Å². The van der Waals surface area contributed by atoms with Crippen LogP contribution in [0.1, 0.15) is 54.1 Å². The van der Waals surface area contributed by atoms with Crippen molar-refractivity contribution in [3.8, 4) is 16.5 Å². The lowest BCUT2D eigenvalue weighted by Crippen LogP contribution is -2.40. The molecule has 1 atom stereocenters. The first-order valence-electron chi connectivity index (χ1n) is 12.0. The van der Waals surface area contributed by atoms with E-state index in [0.29, 0.717) is 28.4 Å². The Labute approximate surface area is 213 Å². The SMILES string of the molecule is CCOc1cncc(-c2cnc(C(=O)NC(CCN3CCC3)c3cc(NSC4CC4)ccn3)s2)n1. The molecular formula is C24H29N7O2S2. The van der Waals surface area contributed by atoms with E-state index in [-0.39, 0.29) is 11.9 Å². The van der Waals surface area contributed by atoms with Crippen LogP contribution in [-0.2, 0) is 0 Å². The first-order valence-corrected chi connectivity index (χ1v) is 13.7. The van der Waals surface area contributed by atoms with Gasteiger partial charge in [0.15, 0.2) is 5.01 Å². The van der Waals surface area contributed by atoms with Crippen LogP contribution in [0.2, 0.25) is 0 Å². The lowest BCUT2D eigenvalue weighted by atomic mass is 10.1. The number of ether oxygens (including phenoxy) is 1. The second-order valence-corrected chi connectivity index (χ2v) is 10.7. The number of aromatic nitrogens is 4. The molecule has 0 spiro atoms. The Morgan fingerprint density at radius 3 is 2.94 bits per heavy atom. The monoisotopic (exact) mass is 511 g/mol. The molecule has 0 aromatic carbocycles. The number of thiazole rings is 1. The summed E-state index contributed by atoms with van der Waals surface area (Å²) < 4.78 is 8.87. The van der Waals surface area contributed by atoms with Crippen molar-refractivity contribution in [1.82, 2.24) is 30.2 Å². The number of rotatable bonds is 12. The van der Waals surface area contributed by atoms with E-state index in [1.165, 1.54) is 30.6 Å². The minimum Gasteiger partial charge on any atom is -0.477 e. The number of carbonyl (C=O) groups excluding carboxylic acids is 1. The van der Waals surface area contributed by atoms with Gasteiger partial charge in [-0.1, -0.05) is 0 Å². The van der Waals surface area contributed by atoms with Gasteiger partial charge >= 0.3 is 0 Å². The van der Waals surface area contributed by atoms with E-state index in [0.717, 1.165) is 42.3 Å². The number of carbonyl (C=O) groups is 1. The molecule has 184 valence electrons. The molecule has 1 saturated carbocycles. The van der Waals surface area contributed by atoms with Crippen LogP contribution in [-0.4, -0.2) is 62.2 Å². The van der Waals surface area contributed by atoms with Gasteiger partial charge in [0.2, 0.25) is 5.88 Å². The number of anilines is 1. The minimum atomic E-state index is -0.212. The molecule has 1 aliphatic carbocycles. The summed E-state index contributed by atoms with van der Waals surface area (Å²) in [6.07, 6.45) is 11.2. The normalized spacial score (nSPS) is 16.4. The average Bonchev–Trinajstić information content (AvgIpc) is 3.54. The first kappa shape index (κ1) is 24.0. The molecule has 0 bridgehead atoms. The van der Waals surface area contributed by atoms with Crippen LogP contribution in [0, 0.1) is 0 Å². The minimum absolute atomic E-state index is 0.204. The Bertz CT molecular complexity index is 1150. The van der Waals surface area contributed by atoms with Crippen molar-refractivity contribution in [2.45, 2.75) is 43.9 Å². The molecule has 2 aliphatic rings. The van der Waals surface area contributed by atoms with Crippen molar-refractivity contribution < 1.29 is 9.53 Å². The highest BCUT2D eigenvalue weighted by Crippen LogP contribution is 2.34. The smallest absolute Gasteiger partial charge is 0.280 e. The molecule has 4 heterocycles. The predicted molar refractivity (Wildman–Crippen MR) is 139 cm³/mol. The maximum atomic E-state index is 13.2. The molecule has 0 radical (unpaired) electrons. The fraction of sp³-hybridized carbons (Fsp3) is 0.458. The van der Waals surface area contributed by atoms with Gasteiger partial charge < -0.3 is 19.7 Å². The van der Waals surface area contributed by atoms with Gasteiger partial charge in [0.05, 0.1) is 35.6 Å². The third-order valence-electron chi connectivity index (χ3n) is 5.85. The average molecular weight is 512 g/mol. The van der Waals surface area contributed by atoms with Crippen LogP contribution in [0.25, 0.3) is 10.6 Å². The van der Waals surface area contributed by atoms with E-state index in [1.807, 2.05) is 19.1 Å². The van der Waals surface area contributed by atoms with E-state index in [1.54, 1.807) is 36.7 Å². The summed E-state index contributed by atoms with van der Waals surface area (Å²) in [6, 6.07) is 3.81. The summed E-state index contributed by atoms with van der Waals surface area (Å²) in [5.41, 5.74) is 2.50. The first-order chi connectivity index (χ1) is 17.2. The lowest BCUT2D eigenvalue weighted by Gasteiger charge is -2.32. The largest absolute Gasteiger partial charge is 0.477 e. The number of pyridine rings is 1. The summed E-state index contributed by atoms with van der Waals surface area (Å²) in [5.74, 6) is 0.242. The van der Waals surface area contributed by atoms with Crippen LogP contribution in [0.5, 0.6) is 5.88 Å². The molecule has 11 heteroatoms. The van der Waals surface area contributed by atoms with Crippen LogP contribution in [0.4, 0.5) is 5.69 Å². The molecule has 3 aromatic heterocycles. The maximum Gasteiger partial charge on any atom is 0.280 e. The Kier molecular flexibility index (Phi) is 7.75. The second kappa shape index (κ2) is 11.3. The highest BCUT2D eigenvalue weighted by Gasteiger charge is 2.24. The van der Waals surface area contributed by atoms with Crippen molar-refractivity contribution >= 4 is 34.9 Å². The molecule has 2 N–H and O–H groups in total. The number of nitrogens with one attached hydrogen (secondary N) is 2. The topological polar surface area (TPSA) is 105 Å². The molecule has 1 unspecified atom stereocenters. The molecule has 1 saturated heterocycles. The van der Waals surface area contributed by atoms with Gasteiger partial charge in [-0.3, -0.25) is 14.8 Å². The Hall–Kier alpha value is -2.76. The van der Waals surface area contributed by atoms with Gasteiger partial charge in [-0.25, -0.2) is 9.97 Å². The van der Waals surface area contributed by atoms with E-state index in [9.17, 15) is 4.79 Å². The van der Waals surface area contributed by atoms with Gasteiger partial charge in [0, 0.05) is 29.9 Å². The van der Waals surface area contributed by atoms with Gasteiger partial charge in [-0.05, 0) is 69.8 Å². The summed E-state index contributed by atoms with van der Waals surface area (Å²) in [7, 11) is 0. The van der Waals surface area contributed by atoms with Crippen LogP contribution in [0.15, 0.2) is 36.9 Å². The number of hydrogen-bond donors (Lipinski definition) is 2. The van der Waals surface area contributed by atoms with Crippen molar-refractivity contribution in [3.05, 3.63) is 47.6 Å². The third kappa shape index (κ3) is 6.47. The summed E-state index contributed by atoms with van der Waals surface area (Å²) in [4.78, 5) is 34.0. The molecule has 2 fully saturated rings. The quantitative estimate of drug-likeness (QED) is 0.346. The Morgan fingerprint density at radius 2 is 2.17 bits per heavy atom. The summed E-state index contributed by atoms with van der Waals surface area (Å²) in [6.45, 7) is 5.56. The molecule has 35 heavy (non-hydrogen) atoms. The van der Waals surface area contributed by atoms with Crippen LogP contribution >= 0.6 is 23.3 Å². The number of amides is 1. The highest BCUT2D eigenvalue weighted by molar-refractivity contribution is 8.01. The van der Waals surface area contributed by atoms with Crippen molar-refractivity contribution in [2.24, 2.45) is 0 Å². The molecule has 1 amide bonds. The molecule has 9 nitrogen and oxygen atoms in total. The fourth-order valence-corrected chi connectivity index (χ4v) is 5.23. The van der Waals surface area contributed by atoms with E-state index < -0.39 is 0 Å². The van der Waals surface area contributed by atoms with E-state index >= 15 is 0 Å². The van der Waals surface area contributed by atoms with Crippen molar-refractivity contribution in [3.63, 3.8) is 0 Å². The summed E-state index contributed by atoms with van der Waals surface area (Å²) >= 11 is 3.05. The fourth-order valence-electron chi connectivity index (χ4n) is 3.65. The number of nitrogens with zero attached hydrogens (tertiary/aromatic N) is 5. The number of hydrogen-bond acceptors (Lipinski definition) is 10. The van der Waals surface area contributed by atoms with Crippen molar-refractivity contribution in [2.75, 3.05) is 31.0 Å². The maximum absolute atomic E-state index is 13.2. The van der Waals surface area contributed by atoms with Crippen LogP contribution in [0.3, 0.4) is 0 Å². The van der Waals surface area contributed by atoms with E-state index in [2.05, 4.69) is 34.9 Å². The molecule has 5 rings (SSSR count). The predicted octanol–water partition coefficient (Wildman–Crippen LogP) is 4.18. The highest BCUT2D eigenvalue weighted by atomic mass is 32.2. The summed E-state index contributed by atoms with van der Waals surface area (Å²) in [5, 5.41) is 4.26. The molecular weight excluding hydrogens is 482 g/mol. The zero-order chi connectivity index (χ0) is 24.0. The molecule has 1 aliphatic heterocycles. The number of likely N-dealkylation sites (tertiary alicyclic amines) is 1. The second-order valence-electron chi connectivity index (χ2n) is 8.60. The third-order valence-corrected chi connectivity index (χ3v) is 8.03. The van der Waals surface area contributed by atoms with Crippen molar-refractivity contribution in [1.29, 1.82) is 0 Å². The Balaban J connectivity index is 1.29. The zero-order valence-electron chi connectivity index (χ0n) is 19.6. The standard InChI is InChI=1S/C24H29N7O2S2/c1-2-33-22-15-25-13-20(28-22)21-14-27-24(34-21)23(32)29-18(7-11-31-9-3-10-31)19-12-16(6-8-26-19)30-35-17-4-5-17/h6,8,12-15,17-18H,2-5,7,9-11H2,1H3,(H,26,30)(H,29,32). The zero-order valence-corrected chi connectivity index (χ0v) is 21.3.